The van der Waals surface area contributed by atoms with Crippen molar-refractivity contribution >= 4 is 23.2 Å². The second-order valence-corrected chi connectivity index (χ2v) is 5.59. The first kappa shape index (κ1) is 15.3. The van der Waals surface area contributed by atoms with Gasteiger partial charge in [-0.15, -0.1) is 0 Å². The molecule has 20 heavy (non-hydrogen) atoms. The fraction of sp³-hybridized carbons (Fsp3) is 0.312. The van der Waals surface area contributed by atoms with Crippen LogP contribution in [0.1, 0.15) is 29.8 Å². The molecule has 0 aliphatic carbocycles. The first-order valence-electron chi connectivity index (χ1n) is 6.70. The van der Waals surface area contributed by atoms with Crippen molar-refractivity contribution in [2.45, 2.75) is 26.3 Å². The average molecular weight is 309 g/mol. The van der Waals surface area contributed by atoms with Crippen LogP contribution in [-0.2, 0) is 6.42 Å². The molecule has 0 aliphatic rings. The first-order chi connectivity index (χ1) is 9.61. The minimum atomic E-state index is 0.111. The van der Waals surface area contributed by atoms with Gasteiger partial charge in [0.05, 0.1) is 0 Å². The summed E-state index contributed by atoms with van der Waals surface area (Å²) in [4.78, 5) is 4.46. The van der Waals surface area contributed by atoms with E-state index in [0.717, 1.165) is 29.2 Å². The smallest absolute Gasteiger partial charge is 0.0454 e. The lowest BCUT2D eigenvalue weighted by atomic mass is 9.99. The van der Waals surface area contributed by atoms with Gasteiger partial charge in [0.15, 0.2) is 0 Å². The summed E-state index contributed by atoms with van der Waals surface area (Å²) < 4.78 is 0. The number of aromatic nitrogens is 1. The Hall–Kier alpha value is -1.09. The van der Waals surface area contributed by atoms with Gasteiger partial charge >= 0.3 is 0 Å². The SMILES string of the molecule is CCNC(Cc1ncccc1C)c1cc(Cl)ccc1Cl. The van der Waals surface area contributed by atoms with Gasteiger partial charge in [0, 0.05) is 34.4 Å². The van der Waals surface area contributed by atoms with Crippen molar-refractivity contribution in [2.75, 3.05) is 6.54 Å². The van der Waals surface area contributed by atoms with E-state index in [1.165, 1.54) is 5.56 Å². The molecule has 1 aromatic carbocycles. The van der Waals surface area contributed by atoms with Crippen molar-refractivity contribution < 1.29 is 0 Å². The van der Waals surface area contributed by atoms with E-state index in [9.17, 15) is 0 Å². The van der Waals surface area contributed by atoms with Gasteiger partial charge in [-0.25, -0.2) is 0 Å². The predicted octanol–water partition coefficient (Wildman–Crippen LogP) is 4.59. The number of halogens is 2. The van der Waals surface area contributed by atoms with E-state index >= 15 is 0 Å². The van der Waals surface area contributed by atoms with Gasteiger partial charge < -0.3 is 5.32 Å². The maximum absolute atomic E-state index is 6.31. The summed E-state index contributed by atoms with van der Waals surface area (Å²) in [5.74, 6) is 0. The molecule has 0 radical (unpaired) electrons. The zero-order valence-corrected chi connectivity index (χ0v) is 13.2. The Bertz CT molecular complexity index is 584. The monoisotopic (exact) mass is 308 g/mol. The first-order valence-corrected chi connectivity index (χ1v) is 7.46. The van der Waals surface area contributed by atoms with Crippen LogP contribution < -0.4 is 5.32 Å². The molecular formula is C16H18Cl2N2. The molecule has 106 valence electrons. The Balaban J connectivity index is 2.32. The minimum absolute atomic E-state index is 0.111. The Morgan fingerprint density at radius 1 is 1.25 bits per heavy atom. The molecule has 1 atom stereocenters. The van der Waals surface area contributed by atoms with Gasteiger partial charge in [-0.05, 0) is 48.9 Å². The lowest BCUT2D eigenvalue weighted by Crippen LogP contribution is -2.24. The molecule has 0 saturated carbocycles. The standard InChI is InChI=1S/C16H18Cl2N2/c1-3-19-16(10-15-11(2)5-4-8-20-15)13-9-12(17)6-7-14(13)18/h4-9,16,19H,3,10H2,1-2H3. The average Bonchev–Trinajstić information content (AvgIpc) is 2.43. The second kappa shape index (κ2) is 7.07. The van der Waals surface area contributed by atoms with E-state index in [-0.39, 0.29) is 6.04 Å². The van der Waals surface area contributed by atoms with Crippen LogP contribution in [0, 0.1) is 6.92 Å². The number of hydrogen-bond acceptors (Lipinski definition) is 2. The van der Waals surface area contributed by atoms with Gasteiger partial charge in [-0.1, -0.05) is 36.2 Å². The number of nitrogens with zero attached hydrogens (tertiary/aromatic N) is 1. The molecule has 2 rings (SSSR count). The van der Waals surface area contributed by atoms with Crippen LogP contribution in [0.2, 0.25) is 10.0 Å². The maximum Gasteiger partial charge on any atom is 0.0454 e. The van der Waals surface area contributed by atoms with Gasteiger partial charge in [0.1, 0.15) is 0 Å². The maximum atomic E-state index is 6.31. The summed E-state index contributed by atoms with van der Waals surface area (Å²) in [6.45, 7) is 5.01. The molecule has 0 saturated heterocycles. The van der Waals surface area contributed by atoms with Crippen LogP contribution in [0.25, 0.3) is 0 Å². The van der Waals surface area contributed by atoms with Crippen molar-refractivity contribution in [3.8, 4) is 0 Å². The van der Waals surface area contributed by atoms with Crippen molar-refractivity contribution in [2.24, 2.45) is 0 Å². The van der Waals surface area contributed by atoms with E-state index < -0.39 is 0 Å². The molecule has 1 aromatic heterocycles. The lowest BCUT2D eigenvalue weighted by Gasteiger charge is -2.20. The van der Waals surface area contributed by atoms with Crippen LogP contribution in [-0.4, -0.2) is 11.5 Å². The highest BCUT2D eigenvalue weighted by Crippen LogP contribution is 2.28. The Kier molecular flexibility index (Phi) is 5.41. The molecule has 2 nitrogen and oxygen atoms in total. The zero-order chi connectivity index (χ0) is 14.5. The molecule has 1 N–H and O–H groups in total. The third-order valence-corrected chi connectivity index (χ3v) is 3.88. The third kappa shape index (κ3) is 3.72. The molecule has 0 amide bonds. The lowest BCUT2D eigenvalue weighted by molar-refractivity contribution is 0.543. The minimum Gasteiger partial charge on any atom is -0.310 e. The fourth-order valence-electron chi connectivity index (χ4n) is 2.25. The quantitative estimate of drug-likeness (QED) is 0.874. The fourth-order valence-corrected chi connectivity index (χ4v) is 2.68. The van der Waals surface area contributed by atoms with Crippen LogP contribution in [0.5, 0.6) is 0 Å². The molecule has 4 heteroatoms. The van der Waals surface area contributed by atoms with Gasteiger partial charge in [0.25, 0.3) is 0 Å². The highest BCUT2D eigenvalue weighted by molar-refractivity contribution is 6.33. The largest absolute Gasteiger partial charge is 0.310 e. The number of pyridine rings is 1. The van der Waals surface area contributed by atoms with E-state index in [2.05, 4.69) is 30.2 Å². The molecule has 0 spiro atoms. The molecular weight excluding hydrogens is 291 g/mol. The number of hydrogen-bond donors (Lipinski definition) is 1. The van der Waals surface area contributed by atoms with Crippen LogP contribution in [0.3, 0.4) is 0 Å². The van der Waals surface area contributed by atoms with E-state index in [0.29, 0.717) is 5.02 Å². The van der Waals surface area contributed by atoms with Crippen molar-refractivity contribution in [3.63, 3.8) is 0 Å². The van der Waals surface area contributed by atoms with E-state index in [1.54, 1.807) is 0 Å². The summed E-state index contributed by atoms with van der Waals surface area (Å²) in [6, 6.07) is 9.71. The summed E-state index contributed by atoms with van der Waals surface area (Å²) in [5, 5.41) is 4.89. The van der Waals surface area contributed by atoms with Crippen molar-refractivity contribution in [1.29, 1.82) is 0 Å². The van der Waals surface area contributed by atoms with E-state index in [1.807, 2.05) is 30.5 Å². The Morgan fingerprint density at radius 2 is 2.05 bits per heavy atom. The highest BCUT2D eigenvalue weighted by Gasteiger charge is 2.16. The normalized spacial score (nSPS) is 12.4. The highest BCUT2D eigenvalue weighted by atomic mass is 35.5. The molecule has 1 heterocycles. The van der Waals surface area contributed by atoms with Gasteiger partial charge in [-0.3, -0.25) is 4.98 Å². The van der Waals surface area contributed by atoms with Crippen molar-refractivity contribution in [1.82, 2.24) is 10.3 Å². The van der Waals surface area contributed by atoms with Crippen LogP contribution in [0.4, 0.5) is 0 Å². The zero-order valence-electron chi connectivity index (χ0n) is 11.7. The number of rotatable bonds is 5. The van der Waals surface area contributed by atoms with Gasteiger partial charge in [0.2, 0.25) is 0 Å². The second-order valence-electron chi connectivity index (χ2n) is 4.75. The predicted molar refractivity (Wildman–Crippen MR) is 85.6 cm³/mol. The molecule has 0 fully saturated rings. The number of aryl methyl sites for hydroxylation is 1. The van der Waals surface area contributed by atoms with Gasteiger partial charge in [-0.2, -0.15) is 0 Å². The summed E-state index contributed by atoms with van der Waals surface area (Å²) in [5.41, 5.74) is 3.29. The number of nitrogens with one attached hydrogen (secondary N) is 1. The molecule has 0 bridgehead atoms. The van der Waals surface area contributed by atoms with Crippen LogP contribution >= 0.6 is 23.2 Å². The third-order valence-electron chi connectivity index (χ3n) is 3.30. The van der Waals surface area contributed by atoms with Crippen molar-refractivity contribution in [3.05, 3.63) is 63.4 Å². The van der Waals surface area contributed by atoms with Crippen LogP contribution in [0.15, 0.2) is 36.5 Å². The molecule has 2 aromatic rings. The number of benzene rings is 1. The summed E-state index contributed by atoms with van der Waals surface area (Å²) in [7, 11) is 0. The molecule has 1 unspecified atom stereocenters. The number of likely N-dealkylation sites (N-methyl/N-ethyl adjacent to an activating group) is 1. The Morgan fingerprint density at radius 3 is 2.75 bits per heavy atom. The summed E-state index contributed by atoms with van der Waals surface area (Å²) >= 11 is 12.4. The van der Waals surface area contributed by atoms with E-state index in [4.69, 9.17) is 23.2 Å². The molecule has 0 aliphatic heterocycles. The Labute approximate surface area is 130 Å². The topological polar surface area (TPSA) is 24.9 Å². The summed E-state index contributed by atoms with van der Waals surface area (Å²) in [6.07, 6.45) is 2.62.